The molecule has 86 valence electrons. The first kappa shape index (κ1) is 12.6. The van der Waals surface area contributed by atoms with E-state index in [2.05, 4.69) is 19.1 Å². The third kappa shape index (κ3) is 5.88. The van der Waals surface area contributed by atoms with E-state index in [0.29, 0.717) is 11.9 Å². The molecule has 1 aliphatic rings. The molecule has 0 aromatic carbocycles. The summed E-state index contributed by atoms with van der Waals surface area (Å²) in [6.07, 6.45) is 11.0. The fourth-order valence-corrected chi connectivity index (χ4v) is 2.40. The highest BCUT2D eigenvalue weighted by Gasteiger charge is 2.13. The second-order valence-electron chi connectivity index (χ2n) is 3.82. The van der Waals surface area contributed by atoms with Crippen LogP contribution in [0.4, 0.5) is 4.79 Å². The van der Waals surface area contributed by atoms with E-state index < -0.39 is 0 Å². The second-order valence-corrected chi connectivity index (χ2v) is 5.00. The highest BCUT2D eigenvalue weighted by Crippen LogP contribution is 2.22. The largest absolute Gasteiger partial charge is 0.458 e. The maximum absolute atomic E-state index is 11.4. The molecular weight excluding hydrogens is 208 g/mol. The van der Waals surface area contributed by atoms with Gasteiger partial charge < -0.3 is 4.74 Å². The van der Waals surface area contributed by atoms with Crippen LogP contribution in [0.3, 0.4) is 0 Å². The van der Waals surface area contributed by atoms with E-state index >= 15 is 0 Å². The third-order valence-electron chi connectivity index (χ3n) is 2.43. The number of cyclic esters (lactones) is 1. The Morgan fingerprint density at radius 3 is 3.20 bits per heavy atom. The first-order chi connectivity index (χ1) is 7.33. The van der Waals surface area contributed by atoms with Crippen molar-refractivity contribution in [3.05, 3.63) is 12.2 Å². The Kier molecular flexibility index (Phi) is 6.57. The van der Waals surface area contributed by atoms with Crippen LogP contribution < -0.4 is 0 Å². The lowest BCUT2D eigenvalue weighted by Crippen LogP contribution is -2.08. The summed E-state index contributed by atoms with van der Waals surface area (Å²) in [4.78, 5) is 11.4. The minimum atomic E-state index is -0.109. The van der Waals surface area contributed by atoms with Crippen LogP contribution in [0.5, 0.6) is 0 Å². The summed E-state index contributed by atoms with van der Waals surface area (Å²) < 4.78 is 5.12. The number of rotatable bonds is 3. The van der Waals surface area contributed by atoms with Gasteiger partial charge in [0.1, 0.15) is 0 Å². The molecule has 0 saturated heterocycles. The molecule has 1 rings (SSSR count). The summed E-state index contributed by atoms with van der Waals surface area (Å²) in [5, 5.41) is 0.207. The van der Waals surface area contributed by atoms with Crippen molar-refractivity contribution in [1.29, 1.82) is 0 Å². The predicted molar refractivity (Wildman–Crippen MR) is 65.2 cm³/mol. The fourth-order valence-electron chi connectivity index (χ4n) is 1.53. The third-order valence-corrected chi connectivity index (χ3v) is 3.43. The molecule has 0 bridgehead atoms. The van der Waals surface area contributed by atoms with Crippen molar-refractivity contribution in [1.82, 2.24) is 0 Å². The average molecular weight is 228 g/mol. The topological polar surface area (TPSA) is 26.3 Å². The maximum atomic E-state index is 11.4. The van der Waals surface area contributed by atoms with Gasteiger partial charge in [0.2, 0.25) is 0 Å². The number of hydrogen-bond acceptors (Lipinski definition) is 3. The summed E-state index contributed by atoms with van der Waals surface area (Å²) in [5.74, 6) is 0. The van der Waals surface area contributed by atoms with Gasteiger partial charge in [-0.05, 0) is 37.4 Å². The van der Waals surface area contributed by atoms with Gasteiger partial charge in [-0.3, -0.25) is 0 Å². The van der Waals surface area contributed by atoms with E-state index in [0.717, 1.165) is 25.7 Å². The summed E-state index contributed by atoms with van der Waals surface area (Å²) >= 11 is 1.34. The van der Waals surface area contributed by atoms with Gasteiger partial charge in [-0.25, -0.2) is 4.79 Å². The number of carbonyl (C=O) groups excluding carboxylic acids is 1. The highest BCUT2D eigenvalue weighted by molar-refractivity contribution is 8.13. The van der Waals surface area contributed by atoms with Gasteiger partial charge in [0.25, 0.3) is 0 Å². The Bertz CT molecular complexity index is 214. The Balaban J connectivity index is 2.43. The monoisotopic (exact) mass is 228 g/mol. The van der Waals surface area contributed by atoms with Crippen LogP contribution in [0, 0.1) is 0 Å². The van der Waals surface area contributed by atoms with Crippen LogP contribution in [0.1, 0.15) is 45.4 Å². The number of hydrogen-bond donors (Lipinski definition) is 0. The smallest absolute Gasteiger partial charge is 0.367 e. The summed E-state index contributed by atoms with van der Waals surface area (Å²) in [7, 11) is 0. The lowest BCUT2D eigenvalue weighted by molar-refractivity contribution is 0.172. The number of ether oxygens (including phenoxy) is 1. The minimum Gasteiger partial charge on any atom is -0.458 e. The summed E-state index contributed by atoms with van der Waals surface area (Å²) in [6.45, 7) is 2.76. The van der Waals surface area contributed by atoms with Crippen LogP contribution >= 0.6 is 11.8 Å². The molecule has 1 aliphatic heterocycles. The van der Waals surface area contributed by atoms with Gasteiger partial charge in [0.05, 0.1) is 6.61 Å². The van der Waals surface area contributed by atoms with Gasteiger partial charge in [-0.15, -0.1) is 0 Å². The summed E-state index contributed by atoms with van der Waals surface area (Å²) in [6, 6.07) is 0. The van der Waals surface area contributed by atoms with Gasteiger partial charge >= 0.3 is 5.30 Å². The van der Waals surface area contributed by atoms with Crippen LogP contribution in [0.2, 0.25) is 0 Å². The van der Waals surface area contributed by atoms with Crippen LogP contribution in [0.25, 0.3) is 0 Å². The standard InChI is InChI=1S/C12H20O2S/c1-2-3-8-11-9-6-4-5-7-10-14-12(13)15-11/h6,9,11H,2-5,7-8,10H2,1H3/b9-6-. The van der Waals surface area contributed by atoms with E-state index in [1.54, 1.807) is 0 Å². The Hall–Kier alpha value is -0.440. The highest BCUT2D eigenvalue weighted by atomic mass is 32.2. The van der Waals surface area contributed by atoms with Crippen molar-refractivity contribution in [3.63, 3.8) is 0 Å². The molecular formula is C12H20O2S. The van der Waals surface area contributed by atoms with Gasteiger partial charge in [-0.2, -0.15) is 0 Å². The zero-order valence-corrected chi connectivity index (χ0v) is 10.2. The lowest BCUT2D eigenvalue weighted by Gasteiger charge is -2.12. The number of allylic oxidation sites excluding steroid dienone is 1. The van der Waals surface area contributed by atoms with Gasteiger partial charge in [-0.1, -0.05) is 31.9 Å². The predicted octanol–water partition coefficient (Wildman–Crippen LogP) is 4.16. The van der Waals surface area contributed by atoms with Crippen molar-refractivity contribution in [2.24, 2.45) is 0 Å². The van der Waals surface area contributed by atoms with Crippen LogP contribution in [0.15, 0.2) is 12.2 Å². The van der Waals surface area contributed by atoms with Crippen molar-refractivity contribution >= 4 is 17.1 Å². The Morgan fingerprint density at radius 2 is 2.40 bits per heavy atom. The Morgan fingerprint density at radius 1 is 1.53 bits per heavy atom. The molecule has 0 N–H and O–H groups in total. The first-order valence-corrected chi connectivity index (χ1v) is 6.71. The normalized spacial score (nSPS) is 25.7. The molecule has 0 aromatic heterocycles. The average Bonchev–Trinajstić information content (AvgIpc) is 2.24. The number of unbranched alkanes of at least 4 members (excludes halogenated alkanes) is 1. The van der Waals surface area contributed by atoms with Crippen molar-refractivity contribution in [3.8, 4) is 0 Å². The van der Waals surface area contributed by atoms with E-state index in [1.165, 1.54) is 24.6 Å². The number of thioether (sulfide) groups is 1. The van der Waals surface area contributed by atoms with E-state index in [4.69, 9.17) is 4.74 Å². The van der Waals surface area contributed by atoms with Gasteiger partial charge in [0, 0.05) is 5.25 Å². The number of carbonyl (C=O) groups is 1. The molecule has 15 heavy (non-hydrogen) atoms. The van der Waals surface area contributed by atoms with E-state index in [1.807, 2.05) is 0 Å². The summed E-state index contributed by atoms with van der Waals surface area (Å²) in [5.41, 5.74) is 0. The molecule has 0 radical (unpaired) electrons. The SMILES string of the molecule is CCCCC1/C=C\CCCCOC(=O)S1. The fraction of sp³-hybridized carbons (Fsp3) is 0.750. The minimum absolute atomic E-state index is 0.109. The lowest BCUT2D eigenvalue weighted by atomic mass is 10.1. The molecule has 1 atom stereocenters. The quantitative estimate of drug-likeness (QED) is 0.536. The molecule has 1 unspecified atom stereocenters. The first-order valence-electron chi connectivity index (χ1n) is 5.83. The second kappa shape index (κ2) is 7.80. The zero-order valence-electron chi connectivity index (χ0n) is 9.41. The zero-order chi connectivity index (χ0) is 10.9. The molecule has 0 spiro atoms. The molecule has 0 saturated carbocycles. The van der Waals surface area contributed by atoms with E-state index in [-0.39, 0.29) is 5.30 Å². The molecule has 0 fully saturated rings. The molecule has 1 heterocycles. The van der Waals surface area contributed by atoms with Crippen molar-refractivity contribution < 1.29 is 9.53 Å². The van der Waals surface area contributed by atoms with Crippen LogP contribution in [-0.4, -0.2) is 17.2 Å². The van der Waals surface area contributed by atoms with Crippen molar-refractivity contribution in [2.75, 3.05) is 6.61 Å². The van der Waals surface area contributed by atoms with Crippen molar-refractivity contribution in [2.45, 2.75) is 50.7 Å². The van der Waals surface area contributed by atoms with Gasteiger partial charge in [0.15, 0.2) is 0 Å². The van der Waals surface area contributed by atoms with E-state index in [9.17, 15) is 4.79 Å². The molecule has 3 heteroatoms. The molecule has 0 aromatic rings. The Labute approximate surface area is 96.5 Å². The molecule has 2 nitrogen and oxygen atoms in total. The van der Waals surface area contributed by atoms with Crippen LogP contribution in [-0.2, 0) is 4.74 Å². The molecule has 0 amide bonds. The molecule has 0 aliphatic carbocycles. The maximum Gasteiger partial charge on any atom is 0.367 e.